The lowest BCUT2D eigenvalue weighted by molar-refractivity contribution is 0.0620. The van der Waals surface area contributed by atoms with Crippen LogP contribution in [0.5, 0.6) is 0 Å². The molecule has 7 heteroatoms. The molecule has 2 aromatic rings. The molecule has 3 rings (SSSR count). The number of aromatic nitrogens is 4. The predicted molar refractivity (Wildman–Crippen MR) is 81.1 cm³/mol. The van der Waals surface area contributed by atoms with Crippen molar-refractivity contribution in [3.05, 3.63) is 42.2 Å². The Morgan fingerprint density at radius 1 is 1.36 bits per heavy atom. The van der Waals surface area contributed by atoms with Crippen LogP contribution in [0, 0.1) is 0 Å². The van der Waals surface area contributed by atoms with Crippen LogP contribution in [0.3, 0.4) is 0 Å². The molecule has 0 saturated carbocycles. The first kappa shape index (κ1) is 14.6. The monoisotopic (exact) mass is 300 g/mol. The molecule has 3 heterocycles. The van der Waals surface area contributed by atoms with Gasteiger partial charge in [-0.15, -0.1) is 0 Å². The van der Waals surface area contributed by atoms with Crippen molar-refractivity contribution < 1.29 is 4.79 Å². The molecule has 1 amide bonds. The van der Waals surface area contributed by atoms with Gasteiger partial charge in [-0.2, -0.15) is 5.10 Å². The van der Waals surface area contributed by atoms with Crippen LogP contribution in [0.25, 0.3) is 0 Å². The van der Waals surface area contributed by atoms with Gasteiger partial charge in [0.2, 0.25) is 0 Å². The summed E-state index contributed by atoms with van der Waals surface area (Å²) < 4.78 is 1.98. The topological polar surface area (TPSA) is 67.2 Å². The first-order chi connectivity index (χ1) is 10.6. The Hall–Kier alpha value is -2.28. The van der Waals surface area contributed by atoms with Crippen LogP contribution < -0.4 is 0 Å². The molecule has 7 nitrogen and oxygen atoms in total. The zero-order valence-electron chi connectivity index (χ0n) is 12.9. The summed E-state index contributed by atoms with van der Waals surface area (Å²) in [6, 6.07) is 2.10. The molecule has 1 aliphatic rings. The summed E-state index contributed by atoms with van der Waals surface area (Å²) in [6.45, 7) is 2.19. The molecule has 116 valence electrons. The number of carbonyl (C=O) groups is 1. The average molecular weight is 300 g/mol. The van der Waals surface area contributed by atoms with Crippen LogP contribution in [-0.4, -0.2) is 62.1 Å². The van der Waals surface area contributed by atoms with Gasteiger partial charge in [-0.25, -0.2) is 4.98 Å². The minimum atomic E-state index is -0.0744. The fraction of sp³-hybridized carbons (Fsp3) is 0.467. The number of hydrogen-bond acceptors (Lipinski definition) is 5. The molecule has 2 aromatic heterocycles. The van der Waals surface area contributed by atoms with Gasteiger partial charge in [0.1, 0.15) is 5.69 Å². The van der Waals surface area contributed by atoms with E-state index in [9.17, 15) is 4.79 Å². The van der Waals surface area contributed by atoms with E-state index in [1.807, 2.05) is 29.7 Å². The van der Waals surface area contributed by atoms with Crippen LogP contribution >= 0.6 is 0 Å². The maximum atomic E-state index is 12.9. The number of rotatable bonds is 3. The summed E-state index contributed by atoms with van der Waals surface area (Å²) in [6.07, 6.45) is 7.31. The van der Waals surface area contributed by atoms with Crippen molar-refractivity contribution in [1.29, 1.82) is 0 Å². The molecule has 22 heavy (non-hydrogen) atoms. The molecule has 0 radical (unpaired) electrons. The lowest BCUT2D eigenvalue weighted by Gasteiger charge is -2.31. The van der Waals surface area contributed by atoms with Crippen LogP contribution in [0.15, 0.2) is 30.9 Å². The lowest BCUT2D eigenvalue weighted by atomic mass is 10.1. The van der Waals surface area contributed by atoms with Crippen molar-refractivity contribution in [3.8, 4) is 0 Å². The Bertz CT molecular complexity index is 638. The minimum absolute atomic E-state index is 0.0744. The number of likely N-dealkylation sites (N-methyl/N-ethyl adjacent to an activating group) is 1. The Morgan fingerprint density at radius 3 is 2.95 bits per heavy atom. The van der Waals surface area contributed by atoms with E-state index in [1.54, 1.807) is 18.6 Å². The first-order valence-electron chi connectivity index (χ1n) is 7.37. The summed E-state index contributed by atoms with van der Waals surface area (Å²) in [5, 5.41) is 4.33. The maximum Gasteiger partial charge on any atom is 0.274 e. The normalized spacial score (nSPS) is 18.1. The van der Waals surface area contributed by atoms with E-state index in [1.165, 1.54) is 6.20 Å². The van der Waals surface area contributed by atoms with E-state index in [-0.39, 0.29) is 11.9 Å². The molecule has 0 saturated heterocycles. The van der Waals surface area contributed by atoms with Gasteiger partial charge in [0.25, 0.3) is 5.91 Å². The van der Waals surface area contributed by atoms with Gasteiger partial charge in [0.05, 0.1) is 18.4 Å². The maximum absolute atomic E-state index is 12.9. The minimum Gasteiger partial charge on any atom is -0.327 e. The van der Waals surface area contributed by atoms with Gasteiger partial charge in [0, 0.05) is 37.7 Å². The van der Waals surface area contributed by atoms with E-state index in [0.717, 1.165) is 25.2 Å². The van der Waals surface area contributed by atoms with Gasteiger partial charge >= 0.3 is 0 Å². The highest BCUT2D eigenvalue weighted by molar-refractivity contribution is 5.92. The number of hydrogen-bond donors (Lipinski definition) is 0. The molecule has 0 aromatic carbocycles. The summed E-state index contributed by atoms with van der Waals surface area (Å²) in [5.41, 5.74) is 1.44. The predicted octanol–water partition coefficient (Wildman–Crippen LogP) is 0.649. The average Bonchev–Trinajstić information content (AvgIpc) is 2.90. The second-order valence-corrected chi connectivity index (χ2v) is 5.77. The van der Waals surface area contributed by atoms with Crippen molar-refractivity contribution >= 4 is 5.91 Å². The molecular weight excluding hydrogens is 280 g/mol. The molecular formula is C15H20N6O. The largest absolute Gasteiger partial charge is 0.327 e. The van der Waals surface area contributed by atoms with Gasteiger partial charge in [0.15, 0.2) is 0 Å². The number of aryl methyl sites for hydroxylation is 1. The molecule has 1 aliphatic heterocycles. The summed E-state index contributed by atoms with van der Waals surface area (Å²) in [5.74, 6) is -0.0744. The van der Waals surface area contributed by atoms with Crippen molar-refractivity contribution in [3.63, 3.8) is 0 Å². The van der Waals surface area contributed by atoms with Crippen molar-refractivity contribution in [2.75, 3.05) is 20.6 Å². The highest BCUT2D eigenvalue weighted by atomic mass is 16.2. The number of amides is 1. The molecule has 0 spiro atoms. The first-order valence-corrected chi connectivity index (χ1v) is 7.37. The van der Waals surface area contributed by atoms with Crippen LogP contribution in [-0.2, 0) is 13.1 Å². The molecule has 0 N–H and O–H groups in total. The van der Waals surface area contributed by atoms with Crippen LogP contribution in [0.1, 0.15) is 22.6 Å². The van der Waals surface area contributed by atoms with Gasteiger partial charge < -0.3 is 9.80 Å². The molecule has 1 atom stereocenters. The van der Waals surface area contributed by atoms with Crippen LogP contribution in [0.2, 0.25) is 0 Å². The fourth-order valence-corrected chi connectivity index (χ4v) is 2.83. The molecule has 0 unspecified atom stereocenters. The third-order valence-electron chi connectivity index (χ3n) is 3.87. The van der Waals surface area contributed by atoms with Crippen molar-refractivity contribution in [2.45, 2.75) is 25.6 Å². The second kappa shape index (κ2) is 6.23. The molecule has 0 bridgehead atoms. The van der Waals surface area contributed by atoms with E-state index in [0.29, 0.717) is 12.2 Å². The third-order valence-corrected chi connectivity index (χ3v) is 3.87. The van der Waals surface area contributed by atoms with Crippen molar-refractivity contribution in [1.82, 2.24) is 29.5 Å². The zero-order chi connectivity index (χ0) is 15.5. The Labute approximate surface area is 129 Å². The zero-order valence-corrected chi connectivity index (χ0v) is 12.9. The highest BCUT2D eigenvalue weighted by Gasteiger charge is 2.29. The number of nitrogens with zero attached hydrogens (tertiary/aromatic N) is 6. The van der Waals surface area contributed by atoms with Gasteiger partial charge in [-0.3, -0.25) is 14.5 Å². The van der Waals surface area contributed by atoms with Crippen molar-refractivity contribution in [2.24, 2.45) is 0 Å². The lowest BCUT2D eigenvalue weighted by Crippen LogP contribution is -2.44. The standard InChI is InChI=1S/C15H20N6O/c1-19(2)10-12-4-8-21-13(3-5-18-21)11-20(12)15(22)14-9-16-6-7-17-14/h3,5-7,9,12H,4,8,10-11H2,1-2H3/t12-/m1/s1. The summed E-state index contributed by atoms with van der Waals surface area (Å²) in [4.78, 5) is 25.0. The third kappa shape index (κ3) is 2.99. The van der Waals surface area contributed by atoms with E-state index >= 15 is 0 Å². The van der Waals surface area contributed by atoms with E-state index in [2.05, 4.69) is 20.0 Å². The fourth-order valence-electron chi connectivity index (χ4n) is 2.83. The number of fused-ring (bicyclic) bond motifs is 1. The van der Waals surface area contributed by atoms with Gasteiger partial charge in [-0.1, -0.05) is 0 Å². The highest BCUT2D eigenvalue weighted by Crippen LogP contribution is 2.19. The van der Waals surface area contributed by atoms with Gasteiger partial charge in [-0.05, 0) is 26.6 Å². The number of carbonyl (C=O) groups excluding carboxylic acids is 1. The molecule has 0 aliphatic carbocycles. The summed E-state index contributed by atoms with van der Waals surface area (Å²) in [7, 11) is 4.04. The summed E-state index contributed by atoms with van der Waals surface area (Å²) >= 11 is 0. The van der Waals surface area contributed by atoms with E-state index in [4.69, 9.17) is 0 Å². The van der Waals surface area contributed by atoms with Crippen LogP contribution in [0.4, 0.5) is 0 Å². The molecule has 0 fully saturated rings. The second-order valence-electron chi connectivity index (χ2n) is 5.77. The SMILES string of the molecule is CN(C)C[C@H]1CCn2nccc2CN1C(=O)c1cnccn1. The quantitative estimate of drug-likeness (QED) is 0.832. The van der Waals surface area contributed by atoms with E-state index < -0.39 is 0 Å². The Morgan fingerprint density at radius 2 is 2.23 bits per heavy atom. The Balaban J connectivity index is 1.90. The smallest absolute Gasteiger partial charge is 0.274 e. The Kier molecular flexibility index (Phi) is 4.15.